The summed E-state index contributed by atoms with van der Waals surface area (Å²) in [5.74, 6) is 1.64. The summed E-state index contributed by atoms with van der Waals surface area (Å²) in [5.41, 5.74) is 8.05. The Labute approximate surface area is 290 Å². The number of imidazole rings is 1. The van der Waals surface area contributed by atoms with E-state index in [0.29, 0.717) is 0 Å². The van der Waals surface area contributed by atoms with Gasteiger partial charge in [-0.25, -0.2) is 9.97 Å². The molecule has 240 valence electrons. The van der Waals surface area contributed by atoms with Crippen LogP contribution in [0.15, 0.2) is 180 Å². The summed E-state index contributed by atoms with van der Waals surface area (Å²) in [7, 11) is 0. The van der Waals surface area contributed by atoms with Crippen molar-refractivity contribution in [1.29, 1.82) is 0 Å². The Hall–Kier alpha value is -6.60. The first-order valence-electron chi connectivity index (χ1n) is 16.8. The summed E-state index contributed by atoms with van der Waals surface area (Å²) in [4.78, 5) is 25.0. The van der Waals surface area contributed by atoms with Crippen LogP contribution in [0.2, 0.25) is 0 Å². The average Bonchev–Trinajstić information content (AvgIpc) is 3.72. The molecule has 7 heteroatoms. The first-order chi connectivity index (χ1) is 24.7. The minimum atomic E-state index is -0.546. The second-order valence-electron chi connectivity index (χ2n) is 12.6. The molecule has 0 spiro atoms. The Bertz CT molecular complexity index is 2360. The SMILES string of the molecule is CC12C=CC=NC1N(c1ccccc1)C(c1cc(-c3nc4cccnc4n3-c3ccccc3)cc(N(c3ccccc3)c3ccccc3)c1)=N2. The first-order valence-corrected chi connectivity index (χ1v) is 16.8. The number of allylic oxidation sites excluding steroid dienone is 1. The maximum atomic E-state index is 5.46. The molecule has 7 nitrogen and oxygen atoms in total. The van der Waals surface area contributed by atoms with Crippen LogP contribution >= 0.6 is 0 Å². The first kappa shape index (κ1) is 29.5. The van der Waals surface area contributed by atoms with Gasteiger partial charge in [0.25, 0.3) is 0 Å². The van der Waals surface area contributed by atoms with Crippen molar-refractivity contribution in [1.82, 2.24) is 14.5 Å². The number of nitrogens with zero attached hydrogens (tertiary/aromatic N) is 7. The molecule has 0 saturated heterocycles. The topological polar surface area (TPSA) is 61.9 Å². The van der Waals surface area contributed by atoms with E-state index in [1.165, 1.54) is 0 Å². The van der Waals surface area contributed by atoms with E-state index in [4.69, 9.17) is 20.0 Å². The molecule has 0 amide bonds. The van der Waals surface area contributed by atoms with Crippen LogP contribution < -0.4 is 9.80 Å². The van der Waals surface area contributed by atoms with Crippen molar-refractivity contribution < 1.29 is 0 Å². The molecule has 5 aromatic carbocycles. The summed E-state index contributed by atoms with van der Waals surface area (Å²) < 4.78 is 2.15. The minimum absolute atomic E-state index is 0.227. The highest BCUT2D eigenvalue weighted by Gasteiger charge is 2.45. The van der Waals surface area contributed by atoms with Gasteiger partial charge in [0, 0.05) is 52.0 Å². The van der Waals surface area contributed by atoms with E-state index < -0.39 is 5.54 Å². The molecule has 2 unspecified atom stereocenters. The van der Waals surface area contributed by atoms with Gasteiger partial charge in [-0.1, -0.05) is 78.9 Å². The molecule has 2 aliphatic rings. The fourth-order valence-electron chi connectivity index (χ4n) is 7.01. The molecule has 4 heterocycles. The highest BCUT2D eigenvalue weighted by atomic mass is 15.4. The summed E-state index contributed by atoms with van der Waals surface area (Å²) in [6.07, 6.45) is 7.62. The summed E-state index contributed by atoms with van der Waals surface area (Å²) >= 11 is 0. The third kappa shape index (κ3) is 5.07. The molecule has 50 heavy (non-hydrogen) atoms. The summed E-state index contributed by atoms with van der Waals surface area (Å²) in [5, 5.41) is 0. The fourth-order valence-corrected chi connectivity index (χ4v) is 7.01. The number of aliphatic imine (C=N–C) groups is 2. The molecule has 0 N–H and O–H groups in total. The number of anilines is 4. The van der Waals surface area contributed by atoms with Crippen LogP contribution in [-0.2, 0) is 0 Å². The van der Waals surface area contributed by atoms with Gasteiger partial charge in [0.05, 0.1) is 0 Å². The third-order valence-electron chi connectivity index (χ3n) is 9.28. The molecule has 0 fully saturated rings. The number of aromatic nitrogens is 3. The molecule has 2 aromatic heterocycles. The van der Waals surface area contributed by atoms with Gasteiger partial charge in [-0.05, 0) is 91.9 Å². The molecule has 0 bridgehead atoms. The Morgan fingerprint density at radius 2 is 1.26 bits per heavy atom. The molecular formula is C43H33N7. The Morgan fingerprint density at radius 1 is 0.640 bits per heavy atom. The van der Waals surface area contributed by atoms with Gasteiger partial charge in [0.2, 0.25) is 0 Å². The van der Waals surface area contributed by atoms with Crippen molar-refractivity contribution in [2.75, 3.05) is 9.80 Å². The number of para-hydroxylation sites is 4. The lowest BCUT2D eigenvalue weighted by Crippen LogP contribution is -2.44. The number of pyridine rings is 1. The van der Waals surface area contributed by atoms with E-state index in [2.05, 4.69) is 130 Å². The number of benzene rings is 5. The molecule has 9 rings (SSSR count). The van der Waals surface area contributed by atoms with Crippen molar-refractivity contribution >= 4 is 46.0 Å². The van der Waals surface area contributed by atoms with Gasteiger partial charge >= 0.3 is 0 Å². The Kier molecular flexibility index (Phi) is 7.16. The highest BCUT2D eigenvalue weighted by Crippen LogP contribution is 2.42. The standard InChI is InChI=1S/C43H33N7/c1-43-25-15-27-45-42(43)50(36-22-12-5-13-23-36)40(47-43)32-28-31(39-46-38-24-14-26-44-41(38)49(39)35-20-10-4-11-21-35)29-37(30-32)48(33-16-6-2-7-17-33)34-18-8-3-9-19-34/h2-30,42H,1H3. The zero-order valence-electron chi connectivity index (χ0n) is 27.5. The van der Waals surface area contributed by atoms with Gasteiger partial charge in [0.15, 0.2) is 11.8 Å². The van der Waals surface area contributed by atoms with Crippen molar-refractivity contribution in [3.05, 3.63) is 176 Å². The van der Waals surface area contributed by atoms with E-state index in [1.54, 1.807) is 0 Å². The monoisotopic (exact) mass is 647 g/mol. The predicted octanol–water partition coefficient (Wildman–Crippen LogP) is 9.55. The fraction of sp³-hybridized carbons (Fsp3) is 0.0698. The molecule has 2 atom stereocenters. The van der Waals surface area contributed by atoms with Crippen molar-refractivity contribution in [3.8, 4) is 17.1 Å². The van der Waals surface area contributed by atoms with Crippen LogP contribution in [0, 0.1) is 0 Å². The zero-order chi connectivity index (χ0) is 33.5. The minimum Gasteiger partial charge on any atom is -0.310 e. The maximum absolute atomic E-state index is 5.46. The normalized spacial score (nSPS) is 17.9. The largest absolute Gasteiger partial charge is 0.310 e. The van der Waals surface area contributed by atoms with Gasteiger partial charge in [0.1, 0.15) is 22.7 Å². The molecule has 0 radical (unpaired) electrons. The van der Waals surface area contributed by atoms with Crippen LogP contribution in [0.5, 0.6) is 0 Å². The van der Waals surface area contributed by atoms with Crippen LogP contribution in [-0.4, -0.2) is 38.3 Å². The lowest BCUT2D eigenvalue weighted by Gasteiger charge is -2.32. The van der Waals surface area contributed by atoms with Crippen molar-refractivity contribution in [2.45, 2.75) is 18.6 Å². The lowest BCUT2D eigenvalue weighted by molar-refractivity contribution is 0.500. The second-order valence-corrected chi connectivity index (χ2v) is 12.6. The predicted molar refractivity (Wildman–Crippen MR) is 204 cm³/mol. The van der Waals surface area contributed by atoms with Gasteiger partial charge in [-0.15, -0.1) is 0 Å². The number of fused-ring (bicyclic) bond motifs is 2. The second kappa shape index (κ2) is 12.1. The number of amidine groups is 1. The Balaban J connectivity index is 1.34. The van der Waals surface area contributed by atoms with E-state index in [1.807, 2.05) is 67.0 Å². The van der Waals surface area contributed by atoms with Crippen LogP contribution in [0.4, 0.5) is 22.7 Å². The lowest BCUT2D eigenvalue weighted by atomic mass is 9.97. The van der Waals surface area contributed by atoms with E-state index >= 15 is 0 Å². The average molecular weight is 648 g/mol. The van der Waals surface area contributed by atoms with Crippen molar-refractivity contribution in [3.63, 3.8) is 0 Å². The number of dihydropyridines is 1. The van der Waals surface area contributed by atoms with Gasteiger partial charge in [-0.3, -0.25) is 14.6 Å². The molecule has 7 aromatic rings. The molecular weight excluding hydrogens is 615 g/mol. The zero-order valence-corrected chi connectivity index (χ0v) is 27.5. The summed E-state index contributed by atoms with van der Waals surface area (Å²) in [6.45, 7) is 2.15. The van der Waals surface area contributed by atoms with Crippen LogP contribution in [0.1, 0.15) is 12.5 Å². The van der Waals surface area contributed by atoms with Crippen LogP contribution in [0.25, 0.3) is 28.2 Å². The molecule has 0 aliphatic carbocycles. The van der Waals surface area contributed by atoms with E-state index in [0.717, 1.165) is 62.4 Å². The number of hydrogen-bond acceptors (Lipinski definition) is 6. The molecule has 2 aliphatic heterocycles. The number of hydrogen-bond donors (Lipinski definition) is 0. The van der Waals surface area contributed by atoms with E-state index in [-0.39, 0.29) is 6.17 Å². The maximum Gasteiger partial charge on any atom is 0.164 e. The van der Waals surface area contributed by atoms with Gasteiger partial charge < -0.3 is 9.80 Å². The van der Waals surface area contributed by atoms with Crippen molar-refractivity contribution in [2.24, 2.45) is 9.98 Å². The summed E-state index contributed by atoms with van der Waals surface area (Å²) in [6, 6.07) is 52.3. The highest BCUT2D eigenvalue weighted by molar-refractivity contribution is 6.14. The molecule has 0 saturated carbocycles. The van der Waals surface area contributed by atoms with E-state index in [9.17, 15) is 0 Å². The quantitative estimate of drug-likeness (QED) is 0.173. The third-order valence-corrected chi connectivity index (χ3v) is 9.28. The Morgan fingerprint density at radius 3 is 1.94 bits per heavy atom. The van der Waals surface area contributed by atoms with Crippen LogP contribution in [0.3, 0.4) is 0 Å². The van der Waals surface area contributed by atoms with Gasteiger partial charge in [-0.2, -0.15) is 0 Å². The smallest absolute Gasteiger partial charge is 0.164 e. The number of rotatable bonds is 7.